The number of nitrogens with two attached hydrogens (primary N) is 1. The fraction of sp³-hybridized carbons (Fsp3) is 0. The largest absolute Gasteiger partial charge is 0.323 e. The van der Waals surface area contributed by atoms with E-state index in [9.17, 15) is 0 Å². The van der Waals surface area contributed by atoms with E-state index < -0.39 is 0 Å². The minimum Gasteiger partial charge on any atom is -0.323 e. The van der Waals surface area contributed by atoms with Crippen molar-refractivity contribution < 1.29 is 0 Å². The van der Waals surface area contributed by atoms with Crippen LogP contribution in [0.3, 0.4) is 0 Å². The van der Waals surface area contributed by atoms with Crippen molar-refractivity contribution in [1.29, 1.82) is 0 Å². The van der Waals surface area contributed by atoms with Gasteiger partial charge in [0.15, 0.2) is 0 Å². The van der Waals surface area contributed by atoms with Crippen LogP contribution in [0, 0.1) is 0 Å². The SMILES string of the molecule is C=C/N=C1/C=CC=C/C1=N/N. The minimum atomic E-state index is 0.674. The third-order valence-corrected chi connectivity index (χ3v) is 1.25. The summed E-state index contributed by atoms with van der Waals surface area (Å²) >= 11 is 0. The van der Waals surface area contributed by atoms with E-state index >= 15 is 0 Å². The van der Waals surface area contributed by atoms with Gasteiger partial charge in [0.1, 0.15) is 5.71 Å². The number of hydrogen-bond acceptors (Lipinski definition) is 3. The molecule has 0 saturated heterocycles. The van der Waals surface area contributed by atoms with Gasteiger partial charge in [0, 0.05) is 6.20 Å². The molecule has 1 rings (SSSR count). The maximum Gasteiger partial charge on any atom is 0.108 e. The molecule has 11 heavy (non-hydrogen) atoms. The van der Waals surface area contributed by atoms with Crippen molar-refractivity contribution in [3.63, 3.8) is 0 Å². The van der Waals surface area contributed by atoms with Gasteiger partial charge in [-0.1, -0.05) is 18.7 Å². The predicted octanol–water partition coefficient (Wildman–Crippen LogP) is 1.01. The van der Waals surface area contributed by atoms with Crippen molar-refractivity contribution in [2.45, 2.75) is 0 Å². The maximum absolute atomic E-state index is 5.11. The van der Waals surface area contributed by atoms with Crippen LogP contribution in [-0.4, -0.2) is 11.4 Å². The third kappa shape index (κ3) is 1.64. The number of aliphatic imine (C=N–C) groups is 1. The van der Waals surface area contributed by atoms with E-state index in [1.54, 1.807) is 6.08 Å². The maximum atomic E-state index is 5.11. The molecule has 0 heterocycles. The molecule has 0 unspecified atom stereocenters. The summed E-state index contributed by atoms with van der Waals surface area (Å²) < 4.78 is 0. The first-order chi connectivity index (χ1) is 5.38. The van der Waals surface area contributed by atoms with Gasteiger partial charge in [-0.15, -0.1) is 0 Å². The van der Waals surface area contributed by atoms with E-state index in [4.69, 9.17) is 5.84 Å². The molecule has 0 atom stereocenters. The second-order valence-electron chi connectivity index (χ2n) is 1.93. The van der Waals surface area contributed by atoms with Crippen LogP contribution in [0.2, 0.25) is 0 Å². The molecular formula is C8H9N3. The molecule has 1 aliphatic carbocycles. The Morgan fingerprint density at radius 3 is 2.45 bits per heavy atom. The summed E-state index contributed by atoms with van der Waals surface area (Å²) in [6.45, 7) is 3.48. The van der Waals surface area contributed by atoms with Crippen LogP contribution in [0.25, 0.3) is 0 Å². The fourth-order valence-electron chi connectivity index (χ4n) is 0.781. The van der Waals surface area contributed by atoms with Gasteiger partial charge >= 0.3 is 0 Å². The van der Waals surface area contributed by atoms with Crippen molar-refractivity contribution in [2.24, 2.45) is 15.9 Å². The van der Waals surface area contributed by atoms with Crippen LogP contribution in [0.15, 0.2) is 47.2 Å². The highest BCUT2D eigenvalue weighted by Gasteiger charge is 2.02. The molecule has 0 aromatic heterocycles. The molecule has 0 radical (unpaired) electrons. The Kier molecular flexibility index (Phi) is 2.38. The standard InChI is InChI=1S/C8H9N3/c1-2-10-7-5-3-4-6-8(7)11-9/h2-6H,1,9H2/b10-7-,11-8-. The Morgan fingerprint density at radius 2 is 1.91 bits per heavy atom. The Bertz CT molecular complexity index is 269. The van der Waals surface area contributed by atoms with E-state index in [1.165, 1.54) is 6.20 Å². The number of hydrazone groups is 1. The zero-order chi connectivity index (χ0) is 8.10. The average Bonchev–Trinajstić information content (AvgIpc) is 2.06. The molecule has 56 valence electrons. The van der Waals surface area contributed by atoms with Crippen molar-refractivity contribution in [3.05, 3.63) is 37.1 Å². The van der Waals surface area contributed by atoms with E-state index in [-0.39, 0.29) is 0 Å². The molecule has 0 aromatic carbocycles. The van der Waals surface area contributed by atoms with Crippen LogP contribution in [0.4, 0.5) is 0 Å². The van der Waals surface area contributed by atoms with Crippen LogP contribution in [0.1, 0.15) is 0 Å². The second-order valence-corrected chi connectivity index (χ2v) is 1.93. The van der Waals surface area contributed by atoms with Gasteiger partial charge in [-0.05, 0) is 12.2 Å². The highest BCUT2D eigenvalue weighted by molar-refractivity contribution is 6.51. The number of nitrogens with zero attached hydrogens (tertiary/aromatic N) is 2. The zero-order valence-electron chi connectivity index (χ0n) is 6.07. The van der Waals surface area contributed by atoms with Gasteiger partial charge in [-0.3, -0.25) is 4.99 Å². The normalized spacial score (nSPS) is 22.9. The van der Waals surface area contributed by atoms with Crippen LogP contribution >= 0.6 is 0 Å². The lowest BCUT2D eigenvalue weighted by molar-refractivity contribution is 1.26. The molecule has 0 aliphatic heterocycles. The molecule has 3 heteroatoms. The molecule has 2 N–H and O–H groups in total. The van der Waals surface area contributed by atoms with Gasteiger partial charge in [0.2, 0.25) is 0 Å². The lowest BCUT2D eigenvalue weighted by atomic mass is 10.1. The minimum absolute atomic E-state index is 0.674. The lowest BCUT2D eigenvalue weighted by Crippen LogP contribution is -2.12. The van der Waals surface area contributed by atoms with Crippen molar-refractivity contribution in [1.82, 2.24) is 0 Å². The molecule has 0 aromatic rings. The van der Waals surface area contributed by atoms with Crippen LogP contribution in [-0.2, 0) is 0 Å². The summed E-state index contributed by atoms with van der Waals surface area (Å²) in [4.78, 5) is 3.97. The lowest BCUT2D eigenvalue weighted by Gasteiger charge is -2.01. The predicted molar refractivity (Wildman–Crippen MR) is 47.5 cm³/mol. The molecule has 0 saturated carbocycles. The first-order valence-electron chi connectivity index (χ1n) is 3.20. The second kappa shape index (κ2) is 3.51. The fourth-order valence-corrected chi connectivity index (χ4v) is 0.781. The van der Waals surface area contributed by atoms with Gasteiger partial charge < -0.3 is 5.84 Å². The van der Waals surface area contributed by atoms with Crippen LogP contribution in [0.5, 0.6) is 0 Å². The molecule has 0 fully saturated rings. The molecule has 1 aliphatic rings. The summed E-state index contributed by atoms with van der Waals surface area (Å²) in [6, 6.07) is 0. The smallest absolute Gasteiger partial charge is 0.108 e. The van der Waals surface area contributed by atoms with Gasteiger partial charge in [-0.2, -0.15) is 5.10 Å². The number of rotatable bonds is 1. The summed E-state index contributed by atoms with van der Waals surface area (Å²) in [5.74, 6) is 5.11. The monoisotopic (exact) mass is 147 g/mol. The molecule has 0 spiro atoms. The van der Waals surface area contributed by atoms with Crippen molar-refractivity contribution in [3.8, 4) is 0 Å². The Labute approximate surface area is 65.3 Å². The molecular weight excluding hydrogens is 138 g/mol. The van der Waals surface area contributed by atoms with Crippen molar-refractivity contribution >= 4 is 11.4 Å². The highest BCUT2D eigenvalue weighted by Crippen LogP contribution is 1.97. The first kappa shape index (κ1) is 7.47. The molecule has 3 nitrogen and oxygen atoms in total. The topological polar surface area (TPSA) is 50.7 Å². The summed E-state index contributed by atoms with van der Waals surface area (Å²) in [7, 11) is 0. The Morgan fingerprint density at radius 1 is 1.27 bits per heavy atom. The van der Waals surface area contributed by atoms with Gasteiger partial charge in [0.05, 0.1) is 5.71 Å². The average molecular weight is 147 g/mol. The summed E-state index contributed by atoms with van der Waals surface area (Å²) in [5.41, 5.74) is 1.41. The summed E-state index contributed by atoms with van der Waals surface area (Å²) in [6.07, 6.45) is 8.81. The van der Waals surface area contributed by atoms with E-state index in [0.717, 1.165) is 5.71 Å². The van der Waals surface area contributed by atoms with E-state index in [1.807, 2.05) is 18.2 Å². The van der Waals surface area contributed by atoms with Crippen molar-refractivity contribution in [2.75, 3.05) is 0 Å². The Hall–Kier alpha value is -1.64. The van der Waals surface area contributed by atoms with Crippen LogP contribution < -0.4 is 5.84 Å². The third-order valence-electron chi connectivity index (χ3n) is 1.25. The Balaban J connectivity index is 2.97. The quantitative estimate of drug-likeness (QED) is 0.336. The number of allylic oxidation sites excluding steroid dienone is 4. The van der Waals surface area contributed by atoms with E-state index in [0.29, 0.717) is 5.71 Å². The molecule has 0 bridgehead atoms. The highest BCUT2D eigenvalue weighted by atomic mass is 15.1. The van der Waals surface area contributed by atoms with Gasteiger partial charge in [-0.25, -0.2) is 0 Å². The van der Waals surface area contributed by atoms with Gasteiger partial charge in [0.25, 0.3) is 0 Å². The first-order valence-corrected chi connectivity index (χ1v) is 3.20. The van der Waals surface area contributed by atoms with E-state index in [2.05, 4.69) is 16.7 Å². The zero-order valence-corrected chi connectivity index (χ0v) is 6.07. The number of hydrogen-bond donors (Lipinski definition) is 1. The molecule has 0 amide bonds. The summed E-state index contributed by atoms with van der Waals surface area (Å²) in [5, 5.41) is 3.55.